The lowest BCUT2D eigenvalue weighted by Crippen LogP contribution is -2.18. The quantitative estimate of drug-likeness (QED) is 0.0659. The van der Waals surface area contributed by atoms with Gasteiger partial charge in [-0.05, 0) is 46.0 Å². The number of esters is 4. The summed E-state index contributed by atoms with van der Waals surface area (Å²) in [7, 11) is 1.50. The molecule has 13 heteroatoms. The molecule has 2 atom stereocenters. The van der Waals surface area contributed by atoms with E-state index in [0.717, 1.165) is 0 Å². The van der Waals surface area contributed by atoms with E-state index in [4.69, 9.17) is 33.9 Å². The van der Waals surface area contributed by atoms with E-state index in [9.17, 15) is 19.2 Å². The van der Waals surface area contributed by atoms with Gasteiger partial charge in [0.15, 0.2) is 0 Å². The molecule has 0 heterocycles. The molecule has 0 aromatic heterocycles. The summed E-state index contributed by atoms with van der Waals surface area (Å²) in [5.41, 5.74) is 0. The normalized spacial score (nSPS) is 13.0. The molecule has 0 rings (SSSR count). The van der Waals surface area contributed by atoms with Crippen molar-refractivity contribution in [2.45, 2.75) is 71.5 Å². The monoisotopic (exact) mass is 626 g/mol. The maximum Gasteiger partial charge on any atom is 0.332 e. The molecule has 0 radical (unpaired) electrons. The summed E-state index contributed by atoms with van der Waals surface area (Å²) in [6.45, 7) is 6.73. The van der Waals surface area contributed by atoms with Gasteiger partial charge in [-0.15, -0.1) is 0 Å². The first-order valence-electron chi connectivity index (χ1n) is 14.8. The summed E-state index contributed by atoms with van der Waals surface area (Å²) in [4.78, 5) is 51.4. The first-order chi connectivity index (χ1) is 21.1. The maximum atomic E-state index is 12.3. The molecule has 0 bridgehead atoms. The minimum atomic E-state index is -0.621. The molecule has 44 heavy (non-hydrogen) atoms. The summed E-state index contributed by atoms with van der Waals surface area (Å²) >= 11 is 0. The van der Waals surface area contributed by atoms with Crippen molar-refractivity contribution in [3.8, 4) is 0 Å². The molecule has 0 spiro atoms. The van der Waals surface area contributed by atoms with Gasteiger partial charge in [0.05, 0.1) is 19.3 Å². The van der Waals surface area contributed by atoms with Crippen LogP contribution >= 0.6 is 0 Å². The van der Waals surface area contributed by atoms with Crippen LogP contribution in [0.5, 0.6) is 0 Å². The average molecular weight is 627 g/mol. The Morgan fingerprint density at radius 2 is 1.07 bits per heavy atom. The number of rotatable bonds is 25. The molecule has 0 aromatic carbocycles. The van der Waals surface area contributed by atoms with E-state index in [1.54, 1.807) is 23.6 Å². The molecule has 2 unspecified atom stereocenters. The van der Waals surface area contributed by atoms with Gasteiger partial charge in [-0.2, -0.15) is 0 Å². The highest BCUT2D eigenvalue weighted by atomic mass is 16.6. The number of methoxy groups -OCH3 is 1. The van der Waals surface area contributed by atoms with Crippen LogP contribution in [-0.4, -0.2) is 109 Å². The zero-order chi connectivity index (χ0) is 33.0. The van der Waals surface area contributed by atoms with Crippen molar-refractivity contribution in [2.75, 3.05) is 53.2 Å². The Hall–Kier alpha value is -3.68. The number of hydrogen-bond acceptors (Lipinski definition) is 13. The lowest BCUT2D eigenvalue weighted by molar-refractivity contribution is -0.145. The second kappa shape index (κ2) is 26.9. The van der Waals surface area contributed by atoms with Gasteiger partial charge >= 0.3 is 23.9 Å². The molecule has 13 nitrogen and oxygen atoms in total. The third kappa shape index (κ3) is 23.8. The van der Waals surface area contributed by atoms with E-state index < -0.39 is 30.0 Å². The molecule has 0 saturated heterocycles. The number of aliphatic hydroxyl groups is 2. The Morgan fingerprint density at radius 3 is 1.50 bits per heavy atom. The molecule has 0 aliphatic heterocycles. The van der Waals surface area contributed by atoms with Crippen molar-refractivity contribution in [1.29, 1.82) is 0 Å². The van der Waals surface area contributed by atoms with Crippen LogP contribution < -0.4 is 0 Å². The second-order valence-electron chi connectivity index (χ2n) is 9.62. The van der Waals surface area contributed by atoms with E-state index in [0.29, 0.717) is 45.2 Å². The molecule has 0 fully saturated rings. The van der Waals surface area contributed by atoms with E-state index >= 15 is 0 Å². The van der Waals surface area contributed by atoms with Gasteiger partial charge in [0.2, 0.25) is 0 Å². The largest absolute Gasteiger partial charge is 0.462 e. The van der Waals surface area contributed by atoms with Gasteiger partial charge in [0.25, 0.3) is 0 Å². The number of nitrogens with zero attached hydrogens (tertiary/aromatic N) is 2. The lowest BCUT2D eigenvalue weighted by Gasteiger charge is -2.16. The summed E-state index contributed by atoms with van der Waals surface area (Å²) in [5.74, 6) is -2.29. The highest BCUT2D eigenvalue weighted by Crippen LogP contribution is 2.04. The molecule has 0 amide bonds. The molecule has 0 aromatic rings. The number of ether oxygens (including phenoxy) is 5. The van der Waals surface area contributed by atoms with Crippen molar-refractivity contribution in [2.24, 2.45) is 0 Å². The average Bonchev–Trinajstić information content (AvgIpc) is 2.99. The highest BCUT2D eigenvalue weighted by Gasteiger charge is 2.10. The van der Waals surface area contributed by atoms with Crippen molar-refractivity contribution in [3.63, 3.8) is 0 Å². The smallest absolute Gasteiger partial charge is 0.332 e. The maximum absolute atomic E-state index is 12.3. The number of hydrogen-bond donors (Lipinski definition) is 2. The Kier molecular flexibility index (Phi) is 24.7. The molecule has 0 saturated carbocycles. The summed E-state index contributed by atoms with van der Waals surface area (Å²) in [6.07, 6.45) is 13.4. The van der Waals surface area contributed by atoms with E-state index in [1.807, 2.05) is 6.92 Å². The van der Waals surface area contributed by atoms with E-state index in [2.05, 4.69) is 0 Å². The Bertz CT molecular complexity index is 934. The molecular formula is C31H50N2O11. The zero-order valence-electron chi connectivity index (χ0n) is 26.4. The second-order valence-corrected chi connectivity index (χ2v) is 9.62. The topological polar surface area (TPSA) is 161 Å². The number of carbonyl (C=O) groups is 4. The highest BCUT2D eigenvalue weighted by molar-refractivity contribution is 5.83. The van der Waals surface area contributed by atoms with Gasteiger partial charge in [-0.1, -0.05) is 6.92 Å². The van der Waals surface area contributed by atoms with Crippen molar-refractivity contribution >= 4 is 23.9 Å². The molecule has 0 aliphatic rings. The molecular weight excluding hydrogens is 576 g/mol. The Labute approximate surface area is 260 Å². The fraction of sp³-hybridized carbons (Fsp3) is 0.613. The van der Waals surface area contributed by atoms with Gasteiger partial charge in [0.1, 0.15) is 12.7 Å². The molecule has 250 valence electrons. The summed E-state index contributed by atoms with van der Waals surface area (Å²) < 4.78 is 25.5. The lowest BCUT2D eigenvalue weighted by atomic mass is 10.3. The van der Waals surface area contributed by atoms with Gasteiger partial charge < -0.3 is 43.7 Å². The van der Waals surface area contributed by atoms with Gasteiger partial charge in [-0.25, -0.2) is 19.2 Å². The summed E-state index contributed by atoms with van der Waals surface area (Å²) in [6, 6.07) is 0. The third-order valence-electron chi connectivity index (χ3n) is 5.77. The van der Waals surface area contributed by atoms with Crippen molar-refractivity contribution in [3.05, 3.63) is 49.1 Å². The molecule has 2 N–H and O–H groups in total. The summed E-state index contributed by atoms with van der Waals surface area (Å²) in [5, 5.41) is 18.1. The fourth-order valence-corrected chi connectivity index (χ4v) is 3.10. The van der Waals surface area contributed by atoms with E-state index in [-0.39, 0.29) is 45.6 Å². The Morgan fingerprint density at radius 1 is 0.636 bits per heavy atom. The molecule has 0 aliphatic carbocycles. The SMILES string of the molecule is CCC(C)OC(=O)/C=C/N(/C=C/C(=O)OCCC(C)OC(=O)/C=C/N(/C=C/C(=O)OCCOC)CCCCO)CCCCO. The fourth-order valence-electron chi connectivity index (χ4n) is 3.10. The predicted octanol–water partition coefficient (Wildman–Crippen LogP) is 2.59. The third-order valence-corrected chi connectivity index (χ3v) is 5.77. The van der Waals surface area contributed by atoms with Crippen molar-refractivity contribution < 1.29 is 53.1 Å². The van der Waals surface area contributed by atoms with Crippen LogP contribution in [0.4, 0.5) is 0 Å². The van der Waals surface area contributed by atoms with Crippen LogP contribution in [0.15, 0.2) is 49.1 Å². The predicted molar refractivity (Wildman–Crippen MR) is 162 cm³/mol. The van der Waals surface area contributed by atoms with Crippen molar-refractivity contribution in [1.82, 2.24) is 9.80 Å². The van der Waals surface area contributed by atoms with Crippen LogP contribution in [0.1, 0.15) is 59.3 Å². The first-order valence-corrected chi connectivity index (χ1v) is 14.8. The number of carbonyl (C=O) groups excluding carboxylic acids is 4. The Balaban J connectivity index is 4.80. The van der Waals surface area contributed by atoms with Crippen LogP contribution in [0.25, 0.3) is 0 Å². The van der Waals surface area contributed by atoms with E-state index in [1.165, 1.54) is 56.2 Å². The van der Waals surface area contributed by atoms with Crippen LogP contribution in [0, 0.1) is 0 Å². The minimum absolute atomic E-state index is 0.00409. The zero-order valence-corrected chi connectivity index (χ0v) is 26.4. The first kappa shape index (κ1) is 40.3. The van der Waals surface area contributed by atoms with Crippen LogP contribution in [-0.2, 0) is 42.9 Å². The standard InChI is InChI=1S/C31H50N2O11/c1-5-26(2)43-30(38)12-19-32(15-6-8-21-34)17-10-28(36)41-23-14-27(3)44-31(39)13-20-33(16-7-9-22-35)18-11-29(37)42-25-24-40-4/h10-13,17-20,26-27,34-35H,5-9,14-16,21-25H2,1-4H3/b17-10+,18-11+,19-12+,20-13+. The number of aliphatic hydroxyl groups excluding tert-OH is 2. The van der Waals surface area contributed by atoms with Crippen LogP contribution in [0.3, 0.4) is 0 Å². The minimum Gasteiger partial charge on any atom is -0.462 e. The van der Waals surface area contributed by atoms with Crippen LogP contribution in [0.2, 0.25) is 0 Å². The number of unbranched alkanes of at least 4 members (excludes halogenated alkanes) is 2. The van der Waals surface area contributed by atoms with Gasteiger partial charge in [-0.3, -0.25) is 0 Å². The van der Waals surface area contributed by atoms with Gasteiger partial charge in [0, 0.05) is 88.9 Å².